The van der Waals surface area contributed by atoms with Crippen molar-refractivity contribution in [3.63, 3.8) is 0 Å². The summed E-state index contributed by atoms with van der Waals surface area (Å²) in [5.74, 6) is 0.608. The third kappa shape index (κ3) is 6.46. The van der Waals surface area contributed by atoms with Gasteiger partial charge in [-0.15, -0.1) is 15.0 Å². The zero-order valence-corrected chi connectivity index (χ0v) is 16.1. The minimum absolute atomic E-state index is 0.00235. The van der Waals surface area contributed by atoms with Gasteiger partial charge in [0.15, 0.2) is 0 Å². The molecule has 0 bridgehead atoms. The van der Waals surface area contributed by atoms with Crippen LogP contribution in [0.25, 0.3) is 0 Å². The zero-order valence-electron chi connectivity index (χ0n) is 16.1. The molecule has 0 saturated carbocycles. The molecule has 3 aromatic rings. The first-order valence-electron chi connectivity index (χ1n) is 9.11. The highest BCUT2D eigenvalue weighted by atomic mass is 16.6. The average Bonchev–Trinajstić information content (AvgIpc) is 2.72. The van der Waals surface area contributed by atoms with E-state index in [0.717, 1.165) is 0 Å². The first kappa shape index (κ1) is 20.1. The molecule has 150 valence electrons. The standard InChI is InChI=1S/C21H21N3O5/c1-15(2)18(25)26-13-14-27-19-22-20(28-16-9-5-3-6-10-16)24-21(23-19)29-17-11-7-4-8-12-17/h3-12,15H,13-14H2,1-2H3. The van der Waals surface area contributed by atoms with Crippen molar-refractivity contribution < 1.29 is 23.7 Å². The molecule has 0 radical (unpaired) electrons. The number of carbonyl (C=O) groups is 1. The van der Waals surface area contributed by atoms with Crippen molar-refractivity contribution in [2.45, 2.75) is 13.8 Å². The van der Waals surface area contributed by atoms with Crippen LogP contribution < -0.4 is 14.2 Å². The van der Waals surface area contributed by atoms with Crippen molar-refractivity contribution in [3.05, 3.63) is 60.7 Å². The molecule has 0 N–H and O–H groups in total. The summed E-state index contributed by atoms with van der Waals surface area (Å²) < 4.78 is 21.9. The van der Waals surface area contributed by atoms with Gasteiger partial charge in [0.2, 0.25) is 0 Å². The van der Waals surface area contributed by atoms with E-state index < -0.39 is 0 Å². The molecule has 0 amide bonds. The van der Waals surface area contributed by atoms with Gasteiger partial charge in [-0.1, -0.05) is 50.2 Å². The summed E-state index contributed by atoms with van der Waals surface area (Å²) in [5.41, 5.74) is 0. The van der Waals surface area contributed by atoms with E-state index in [2.05, 4.69) is 15.0 Å². The van der Waals surface area contributed by atoms with Crippen LogP contribution in [0, 0.1) is 5.92 Å². The first-order chi connectivity index (χ1) is 14.1. The fourth-order valence-corrected chi connectivity index (χ4v) is 2.11. The highest BCUT2D eigenvalue weighted by Crippen LogP contribution is 2.24. The lowest BCUT2D eigenvalue weighted by atomic mass is 10.2. The summed E-state index contributed by atoms with van der Waals surface area (Å²) in [6, 6.07) is 18.2. The van der Waals surface area contributed by atoms with Crippen LogP contribution in [0.15, 0.2) is 60.7 Å². The number of carbonyl (C=O) groups excluding carboxylic acids is 1. The molecule has 0 unspecified atom stereocenters. The molecule has 8 heteroatoms. The number of hydrogen-bond donors (Lipinski definition) is 0. The summed E-state index contributed by atoms with van der Waals surface area (Å²) in [6.07, 6.45) is 0. The molecule has 0 saturated heterocycles. The number of para-hydroxylation sites is 2. The molecule has 0 aliphatic heterocycles. The van der Waals surface area contributed by atoms with E-state index in [-0.39, 0.29) is 43.1 Å². The van der Waals surface area contributed by atoms with Crippen LogP contribution in [-0.2, 0) is 9.53 Å². The summed E-state index contributed by atoms with van der Waals surface area (Å²) in [4.78, 5) is 24.0. The largest absolute Gasteiger partial charge is 0.462 e. The number of hydrogen-bond acceptors (Lipinski definition) is 8. The number of ether oxygens (including phenoxy) is 4. The Morgan fingerprint density at radius 1 is 0.759 bits per heavy atom. The number of rotatable bonds is 9. The van der Waals surface area contributed by atoms with Crippen molar-refractivity contribution in [1.29, 1.82) is 0 Å². The summed E-state index contributed by atoms with van der Waals surface area (Å²) in [5, 5.41) is 0. The second kappa shape index (κ2) is 10.0. The van der Waals surface area contributed by atoms with Crippen molar-refractivity contribution in [1.82, 2.24) is 15.0 Å². The minimum Gasteiger partial charge on any atom is -0.462 e. The molecule has 1 aromatic heterocycles. The van der Waals surface area contributed by atoms with Crippen LogP contribution >= 0.6 is 0 Å². The van der Waals surface area contributed by atoms with E-state index in [1.54, 1.807) is 38.1 Å². The lowest BCUT2D eigenvalue weighted by Crippen LogP contribution is -2.17. The van der Waals surface area contributed by atoms with Gasteiger partial charge in [-0.2, -0.15) is 0 Å². The Morgan fingerprint density at radius 3 is 1.72 bits per heavy atom. The predicted octanol–water partition coefficient (Wildman–Crippen LogP) is 4.03. The van der Waals surface area contributed by atoms with Gasteiger partial charge in [-0.25, -0.2) is 0 Å². The van der Waals surface area contributed by atoms with Crippen molar-refractivity contribution >= 4 is 5.97 Å². The van der Waals surface area contributed by atoms with Gasteiger partial charge in [-0.3, -0.25) is 4.79 Å². The molecule has 2 aromatic carbocycles. The fourth-order valence-electron chi connectivity index (χ4n) is 2.11. The second-order valence-corrected chi connectivity index (χ2v) is 6.18. The van der Waals surface area contributed by atoms with Crippen LogP contribution in [-0.4, -0.2) is 34.1 Å². The molecule has 0 atom stereocenters. The Kier molecular flexibility index (Phi) is 6.94. The van der Waals surface area contributed by atoms with Gasteiger partial charge in [0.05, 0.1) is 5.92 Å². The van der Waals surface area contributed by atoms with Crippen LogP contribution in [0.2, 0.25) is 0 Å². The third-order valence-corrected chi connectivity index (χ3v) is 3.51. The van der Waals surface area contributed by atoms with E-state index in [1.807, 2.05) is 36.4 Å². The number of esters is 1. The maximum Gasteiger partial charge on any atom is 0.331 e. The SMILES string of the molecule is CC(C)C(=O)OCCOc1nc(Oc2ccccc2)nc(Oc2ccccc2)n1. The van der Waals surface area contributed by atoms with Crippen LogP contribution in [0.3, 0.4) is 0 Å². The molecular formula is C21H21N3O5. The van der Waals surface area contributed by atoms with E-state index in [1.165, 1.54) is 0 Å². The lowest BCUT2D eigenvalue weighted by molar-refractivity contribution is -0.148. The lowest BCUT2D eigenvalue weighted by Gasteiger charge is -2.10. The topological polar surface area (TPSA) is 92.7 Å². The minimum atomic E-state index is -0.301. The van der Waals surface area contributed by atoms with Gasteiger partial charge in [0.25, 0.3) is 0 Å². The Hall–Kier alpha value is -3.68. The van der Waals surface area contributed by atoms with Gasteiger partial charge in [-0.05, 0) is 24.3 Å². The van der Waals surface area contributed by atoms with E-state index in [9.17, 15) is 4.79 Å². The second-order valence-electron chi connectivity index (χ2n) is 6.18. The third-order valence-electron chi connectivity index (χ3n) is 3.51. The monoisotopic (exact) mass is 395 g/mol. The Labute approximate surface area is 168 Å². The van der Waals surface area contributed by atoms with Gasteiger partial charge in [0, 0.05) is 0 Å². The zero-order chi connectivity index (χ0) is 20.5. The molecule has 29 heavy (non-hydrogen) atoms. The molecule has 3 rings (SSSR count). The maximum atomic E-state index is 11.5. The number of aromatic nitrogens is 3. The normalized spacial score (nSPS) is 10.4. The quantitative estimate of drug-likeness (QED) is 0.396. The predicted molar refractivity (Wildman–Crippen MR) is 104 cm³/mol. The number of benzene rings is 2. The van der Waals surface area contributed by atoms with E-state index in [4.69, 9.17) is 18.9 Å². The molecule has 0 spiro atoms. The van der Waals surface area contributed by atoms with Crippen molar-refractivity contribution in [3.8, 4) is 29.5 Å². The summed E-state index contributed by atoms with van der Waals surface area (Å²) >= 11 is 0. The molecule has 0 aliphatic carbocycles. The molecule has 8 nitrogen and oxygen atoms in total. The molecule has 0 aliphatic rings. The average molecular weight is 395 g/mol. The Balaban J connectivity index is 1.72. The molecule has 0 fully saturated rings. The maximum absolute atomic E-state index is 11.5. The van der Waals surface area contributed by atoms with Crippen LogP contribution in [0.5, 0.6) is 29.5 Å². The number of nitrogens with zero attached hydrogens (tertiary/aromatic N) is 3. The van der Waals surface area contributed by atoms with Gasteiger partial charge in [0.1, 0.15) is 24.7 Å². The Morgan fingerprint density at radius 2 is 1.24 bits per heavy atom. The molecule has 1 heterocycles. The van der Waals surface area contributed by atoms with E-state index >= 15 is 0 Å². The first-order valence-corrected chi connectivity index (χ1v) is 9.11. The molecular weight excluding hydrogens is 374 g/mol. The fraction of sp³-hybridized carbons (Fsp3) is 0.238. The highest BCUT2D eigenvalue weighted by Gasteiger charge is 2.13. The van der Waals surface area contributed by atoms with Crippen molar-refractivity contribution in [2.24, 2.45) is 5.92 Å². The Bertz CT molecular complexity index is 860. The van der Waals surface area contributed by atoms with Gasteiger partial charge < -0.3 is 18.9 Å². The van der Waals surface area contributed by atoms with Crippen LogP contribution in [0.4, 0.5) is 0 Å². The van der Waals surface area contributed by atoms with Gasteiger partial charge >= 0.3 is 24.0 Å². The summed E-state index contributed by atoms with van der Waals surface area (Å²) in [6.45, 7) is 3.68. The van der Waals surface area contributed by atoms with Crippen LogP contribution in [0.1, 0.15) is 13.8 Å². The van der Waals surface area contributed by atoms with E-state index in [0.29, 0.717) is 11.5 Å². The smallest absolute Gasteiger partial charge is 0.331 e. The highest BCUT2D eigenvalue weighted by molar-refractivity contribution is 5.71. The van der Waals surface area contributed by atoms with Crippen molar-refractivity contribution in [2.75, 3.05) is 13.2 Å². The summed E-state index contributed by atoms with van der Waals surface area (Å²) in [7, 11) is 0.